The molecule has 2 heterocycles. The minimum Gasteiger partial charge on any atom is -0.434 e. The Balaban J connectivity index is 1.21. The molecule has 0 N–H and O–H groups in total. The van der Waals surface area contributed by atoms with Crippen molar-refractivity contribution in [2.24, 2.45) is 4.99 Å². The van der Waals surface area contributed by atoms with Gasteiger partial charge in [-0.05, 0) is 43.8 Å². The van der Waals surface area contributed by atoms with Gasteiger partial charge in [0.15, 0.2) is 0 Å². The molecule has 0 aliphatic carbocycles. The summed E-state index contributed by atoms with van der Waals surface area (Å²) in [4.78, 5) is 37.1. The number of aliphatic imine (C=N–C) groups is 1. The van der Waals surface area contributed by atoms with Crippen LogP contribution in [0.2, 0.25) is 5.02 Å². The average Bonchev–Trinajstić information content (AvgIpc) is 3.21. The lowest BCUT2D eigenvalue weighted by molar-refractivity contribution is -0.0724. The van der Waals surface area contributed by atoms with E-state index < -0.39 is 18.5 Å². The van der Waals surface area contributed by atoms with E-state index in [-0.39, 0.29) is 6.61 Å². The highest BCUT2D eigenvalue weighted by molar-refractivity contribution is 6.31. The highest BCUT2D eigenvalue weighted by atomic mass is 35.5. The molecular formula is C38H55ClN4O5. The molecular weight excluding hydrogens is 628 g/mol. The second-order valence-electron chi connectivity index (χ2n) is 13.0. The van der Waals surface area contributed by atoms with E-state index >= 15 is 0 Å². The monoisotopic (exact) mass is 682 g/mol. The first-order chi connectivity index (χ1) is 23.4. The van der Waals surface area contributed by atoms with E-state index in [1.165, 1.54) is 82.5 Å². The molecule has 48 heavy (non-hydrogen) atoms. The number of likely N-dealkylation sites (N-methyl/N-ethyl adjacent to an activating group) is 1. The summed E-state index contributed by atoms with van der Waals surface area (Å²) in [6, 6.07) is 12.8. The topological polar surface area (TPSA) is 83.9 Å². The molecule has 10 heteroatoms. The van der Waals surface area contributed by atoms with Crippen molar-refractivity contribution in [1.29, 1.82) is 0 Å². The molecule has 2 aliphatic heterocycles. The first kappa shape index (κ1) is 37.5. The summed E-state index contributed by atoms with van der Waals surface area (Å²) >= 11 is 6.39. The molecule has 4 rings (SSSR count). The van der Waals surface area contributed by atoms with Crippen LogP contribution in [0.4, 0.5) is 26.7 Å². The Morgan fingerprint density at radius 2 is 1.40 bits per heavy atom. The Morgan fingerprint density at radius 3 is 2.04 bits per heavy atom. The molecule has 0 saturated carbocycles. The molecule has 1 saturated heterocycles. The number of anilines is 2. The Labute approximate surface area is 292 Å². The number of amides is 1. The van der Waals surface area contributed by atoms with E-state index in [1.807, 2.05) is 24.3 Å². The van der Waals surface area contributed by atoms with Crippen molar-refractivity contribution in [3.8, 4) is 0 Å². The van der Waals surface area contributed by atoms with E-state index in [0.717, 1.165) is 56.8 Å². The number of carbonyl (C=O) groups is 2. The summed E-state index contributed by atoms with van der Waals surface area (Å²) in [7, 11) is 2.10. The van der Waals surface area contributed by atoms with Crippen LogP contribution in [0.5, 0.6) is 0 Å². The van der Waals surface area contributed by atoms with Crippen LogP contribution in [0.25, 0.3) is 0 Å². The lowest BCUT2D eigenvalue weighted by atomic mass is 10.0. The van der Waals surface area contributed by atoms with E-state index in [0.29, 0.717) is 22.1 Å². The van der Waals surface area contributed by atoms with Gasteiger partial charge in [-0.3, -0.25) is 0 Å². The maximum absolute atomic E-state index is 13.8. The molecule has 0 spiro atoms. The van der Waals surface area contributed by atoms with Gasteiger partial charge < -0.3 is 24.0 Å². The third-order valence-corrected chi connectivity index (χ3v) is 9.26. The van der Waals surface area contributed by atoms with Gasteiger partial charge in [0.05, 0.1) is 23.7 Å². The minimum absolute atomic E-state index is 0.275. The van der Waals surface area contributed by atoms with Crippen LogP contribution in [0.1, 0.15) is 109 Å². The predicted octanol–water partition coefficient (Wildman–Crippen LogP) is 10.2. The zero-order valence-electron chi connectivity index (χ0n) is 29.3. The van der Waals surface area contributed by atoms with Gasteiger partial charge in [-0.2, -0.15) is 0 Å². The number of unbranched alkanes of at least 4 members (excludes halogenated alkanes) is 13. The summed E-state index contributed by atoms with van der Waals surface area (Å²) in [5.74, 6) is 0.772. The van der Waals surface area contributed by atoms with E-state index in [2.05, 4.69) is 23.8 Å². The summed E-state index contributed by atoms with van der Waals surface area (Å²) in [5.41, 5.74) is 2.49. The van der Waals surface area contributed by atoms with E-state index in [1.54, 1.807) is 18.2 Å². The van der Waals surface area contributed by atoms with Gasteiger partial charge in [-0.15, -0.1) is 0 Å². The fourth-order valence-corrected chi connectivity index (χ4v) is 6.40. The van der Waals surface area contributed by atoms with Gasteiger partial charge in [0.1, 0.15) is 5.84 Å². The smallest absolute Gasteiger partial charge is 0.434 e. The zero-order chi connectivity index (χ0) is 34.1. The third kappa shape index (κ3) is 11.7. The Hall–Kier alpha value is -3.30. The summed E-state index contributed by atoms with van der Waals surface area (Å²) in [5, 5.41) is 0.507. The zero-order valence-corrected chi connectivity index (χ0v) is 30.0. The number of nitrogens with zero attached hydrogens (tertiary/aromatic N) is 4. The van der Waals surface area contributed by atoms with Crippen LogP contribution in [0.15, 0.2) is 47.5 Å². The van der Waals surface area contributed by atoms with Crippen LogP contribution in [-0.4, -0.2) is 74.0 Å². The number of halogens is 1. The largest absolute Gasteiger partial charge is 0.511 e. The molecule has 1 atom stereocenters. The number of ether oxygens (including phenoxy) is 3. The number of para-hydroxylation sites is 1. The highest BCUT2D eigenvalue weighted by Gasteiger charge is 2.32. The van der Waals surface area contributed by atoms with Crippen LogP contribution < -0.4 is 4.90 Å². The van der Waals surface area contributed by atoms with Crippen molar-refractivity contribution < 1.29 is 23.8 Å². The molecule has 9 nitrogen and oxygen atoms in total. The SMILES string of the molecule is CCCCCCCCCCCCCCCCOC(=O)OC(C)OC(=O)N1c2ccc(Cl)cc2N=C(N2CCN(C)CC2)c2ccccc21. The summed E-state index contributed by atoms with van der Waals surface area (Å²) < 4.78 is 16.2. The molecule has 1 unspecified atom stereocenters. The van der Waals surface area contributed by atoms with Crippen LogP contribution >= 0.6 is 11.6 Å². The molecule has 2 aromatic rings. The number of piperazine rings is 1. The number of amidine groups is 1. The second-order valence-corrected chi connectivity index (χ2v) is 13.4. The van der Waals surface area contributed by atoms with Gasteiger partial charge in [-0.25, -0.2) is 19.5 Å². The predicted molar refractivity (Wildman–Crippen MR) is 194 cm³/mol. The van der Waals surface area contributed by atoms with Gasteiger partial charge in [-0.1, -0.05) is 114 Å². The Morgan fingerprint density at radius 1 is 0.792 bits per heavy atom. The molecule has 0 aromatic heterocycles. The second kappa shape index (κ2) is 20.3. The standard InChI is InChI=1S/C38H55ClN4O5/c1-4-5-6-7-8-9-10-11-12-13-14-15-16-19-28-46-38(45)48-30(2)47-37(44)43-34-21-18-17-20-32(34)36(42-26-24-41(3)25-27-42)40-33-29-31(39)22-23-35(33)43/h17-18,20-23,29-30H,4-16,19,24-28H2,1-3H3. The fourth-order valence-electron chi connectivity index (χ4n) is 6.23. The number of hydrogen-bond acceptors (Lipinski definition) is 8. The first-order valence-electron chi connectivity index (χ1n) is 18.1. The fraction of sp³-hybridized carbons (Fsp3) is 0.605. The molecule has 2 aliphatic rings. The third-order valence-electron chi connectivity index (χ3n) is 9.02. The molecule has 2 aromatic carbocycles. The number of fused-ring (bicyclic) bond motifs is 2. The van der Waals surface area contributed by atoms with Crippen molar-refractivity contribution in [2.75, 3.05) is 44.7 Å². The maximum atomic E-state index is 13.8. The van der Waals surface area contributed by atoms with E-state index in [4.69, 9.17) is 30.8 Å². The van der Waals surface area contributed by atoms with Crippen molar-refractivity contribution in [2.45, 2.75) is 110 Å². The van der Waals surface area contributed by atoms with Crippen molar-refractivity contribution in [1.82, 2.24) is 9.80 Å². The van der Waals surface area contributed by atoms with Gasteiger partial charge in [0.2, 0.25) is 6.29 Å². The van der Waals surface area contributed by atoms with Gasteiger partial charge in [0.25, 0.3) is 0 Å². The number of rotatable bonds is 17. The van der Waals surface area contributed by atoms with Gasteiger partial charge >= 0.3 is 12.2 Å². The number of benzene rings is 2. The molecule has 1 amide bonds. The quantitative estimate of drug-likeness (QED) is 0.0932. The van der Waals surface area contributed by atoms with Crippen molar-refractivity contribution in [3.05, 3.63) is 53.1 Å². The van der Waals surface area contributed by atoms with Crippen molar-refractivity contribution >= 4 is 46.7 Å². The molecule has 264 valence electrons. The van der Waals surface area contributed by atoms with Crippen LogP contribution in [0, 0.1) is 0 Å². The Bertz CT molecular complexity index is 1330. The highest BCUT2D eigenvalue weighted by Crippen LogP contribution is 2.42. The normalized spacial score (nSPS) is 15.2. The maximum Gasteiger partial charge on any atom is 0.511 e. The minimum atomic E-state index is -1.16. The molecule has 0 bridgehead atoms. The number of carbonyl (C=O) groups excluding carboxylic acids is 2. The first-order valence-corrected chi connectivity index (χ1v) is 18.5. The van der Waals surface area contributed by atoms with Gasteiger partial charge in [0, 0.05) is 43.7 Å². The van der Waals surface area contributed by atoms with Crippen LogP contribution in [-0.2, 0) is 14.2 Å². The van der Waals surface area contributed by atoms with E-state index in [9.17, 15) is 9.59 Å². The summed E-state index contributed by atoms with van der Waals surface area (Å²) in [6.07, 6.45) is 14.9. The molecule has 1 fully saturated rings. The number of hydrogen-bond donors (Lipinski definition) is 0. The summed E-state index contributed by atoms with van der Waals surface area (Å²) in [6.45, 7) is 7.45. The Kier molecular flexibility index (Phi) is 15.8. The molecule has 0 radical (unpaired) electrons. The van der Waals surface area contributed by atoms with Crippen molar-refractivity contribution in [3.63, 3.8) is 0 Å². The average molecular weight is 683 g/mol. The lowest BCUT2D eigenvalue weighted by Gasteiger charge is -2.35. The lowest BCUT2D eigenvalue weighted by Crippen LogP contribution is -2.47. The van der Waals surface area contributed by atoms with Crippen LogP contribution in [0.3, 0.4) is 0 Å².